The van der Waals surface area contributed by atoms with Crippen LogP contribution in [-0.2, 0) is 0 Å². The van der Waals surface area contributed by atoms with Gasteiger partial charge in [-0.25, -0.2) is 0 Å². The molecule has 0 bridgehead atoms. The molecule has 0 heterocycles. The number of rotatable bonds is 0. The standard InChI is InChI=1S/C9H16/c1-2-4-6-8-9-7-5-3-1/h1-2H,3-9H2/b2-1-/i1D. The highest BCUT2D eigenvalue weighted by Crippen LogP contribution is 2.10. The first-order valence-electron chi connectivity index (χ1n) is 4.55. The lowest BCUT2D eigenvalue weighted by Gasteiger charge is -1.93. The highest BCUT2D eigenvalue weighted by Gasteiger charge is 1.90. The average Bonchev–Trinajstić information content (AvgIpc) is 2.02. The molecule has 0 radical (unpaired) electrons. The first-order chi connectivity index (χ1) is 4.89. The van der Waals surface area contributed by atoms with Crippen LogP contribution in [0, 0.1) is 0 Å². The van der Waals surface area contributed by atoms with Crippen molar-refractivity contribution in [1.82, 2.24) is 0 Å². The number of hydrogen-bond acceptors (Lipinski definition) is 0. The maximum absolute atomic E-state index is 7.47. The van der Waals surface area contributed by atoms with E-state index in [1.807, 2.05) is 0 Å². The summed E-state index contributed by atoms with van der Waals surface area (Å²) < 4.78 is 7.47. The van der Waals surface area contributed by atoms with Crippen LogP contribution in [0.15, 0.2) is 12.1 Å². The van der Waals surface area contributed by atoms with E-state index in [1.54, 1.807) is 0 Å². The van der Waals surface area contributed by atoms with Crippen molar-refractivity contribution >= 4 is 0 Å². The van der Waals surface area contributed by atoms with E-state index in [2.05, 4.69) is 6.08 Å². The highest BCUT2D eigenvalue weighted by molar-refractivity contribution is 4.82. The predicted octanol–water partition coefficient (Wildman–Crippen LogP) is 3.29. The number of allylic oxidation sites excluding steroid dienone is 2. The SMILES string of the molecule is [2H]/C1=C/CCCCCCC1. The lowest BCUT2D eigenvalue weighted by Crippen LogP contribution is -1.74. The van der Waals surface area contributed by atoms with Crippen LogP contribution in [0.4, 0.5) is 0 Å². The normalized spacial score (nSPS) is 30.7. The topological polar surface area (TPSA) is 0 Å². The first kappa shape index (κ1) is 5.52. The molecule has 1 aliphatic carbocycles. The molecule has 0 aromatic heterocycles. The van der Waals surface area contributed by atoms with Crippen LogP contribution in [0.3, 0.4) is 0 Å². The summed E-state index contributed by atoms with van der Waals surface area (Å²) in [5, 5.41) is 0. The molecule has 0 nitrogen and oxygen atoms in total. The second-order valence-electron chi connectivity index (χ2n) is 2.71. The van der Waals surface area contributed by atoms with Crippen molar-refractivity contribution in [3.63, 3.8) is 0 Å². The van der Waals surface area contributed by atoms with Crippen LogP contribution in [0.1, 0.15) is 46.3 Å². The largest absolute Gasteiger partial charge is 0.0885 e. The van der Waals surface area contributed by atoms with E-state index in [1.165, 1.54) is 32.1 Å². The van der Waals surface area contributed by atoms with E-state index in [0.29, 0.717) is 0 Å². The summed E-state index contributed by atoms with van der Waals surface area (Å²) in [5.74, 6) is 0. The molecule has 0 amide bonds. The molecule has 0 saturated carbocycles. The van der Waals surface area contributed by atoms with Gasteiger partial charge in [0.2, 0.25) is 0 Å². The van der Waals surface area contributed by atoms with Gasteiger partial charge in [-0.1, -0.05) is 31.4 Å². The minimum absolute atomic E-state index is 0.863. The molecule has 1 aliphatic rings. The van der Waals surface area contributed by atoms with Gasteiger partial charge < -0.3 is 0 Å². The third kappa shape index (κ3) is 3.34. The third-order valence-corrected chi connectivity index (χ3v) is 1.81. The number of hydrogen-bond donors (Lipinski definition) is 0. The van der Waals surface area contributed by atoms with Crippen molar-refractivity contribution in [2.75, 3.05) is 0 Å². The van der Waals surface area contributed by atoms with Crippen molar-refractivity contribution in [3.8, 4) is 0 Å². The second-order valence-corrected chi connectivity index (χ2v) is 2.71. The molecule has 0 atom stereocenters. The molecule has 52 valence electrons. The smallest absolute Gasteiger partial charge is 0.0572 e. The molecule has 0 unspecified atom stereocenters. The molecule has 0 saturated heterocycles. The Bertz CT molecular complexity index is 116. The fourth-order valence-electron chi connectivity index (χ4n) is 1.21. The fraction of sp³-hybridized carbons (Fsp3) is 0.778. The summed E-state index contributed by atoms with van der Waals surface area (Å²) in [7, 11) is 0. The van der Waals surface area contributed by atoms with Crippen LogP contribution in [0.5, 0.6) is 0 Å². The van der Waals surface area contributed by atoms with Gasteiger partial charge in [-0.15, -0.1) is 0 Å². The van der Waals surface area contributed by atoms with Gasteiger partial charge in [0.05, 0.1) is 1.37 Å². The summed E-state index contributed by atoms with van der Waals surface area (Å²) in [4.78, 5) is 0. The molecule has 1 rings (SSSR count). The molecule has 9 heavy (non-hydrogen) atoms. The Morgan fingerprint density at radius 2 is 1.56 bits per heavy atom. The zero-order chi connectivity index (χ0) is 7.23. The van der Waals surface area contributed by atoms with E-state index in [4.69, 9.17) is 1.37 Å². The van der Waals surface area contributed by atoms with E-state index in [9.17, 15) is 0 Å². The summed E-state index contributed by atoms with van der Waals surface area (Å²) in [5.41, 5.74) is 0. The van der Waals surface area contributed by atoms with Crippen LogP contribution < -0.4 is 0 Å². The Balaban J connectivity index is 2.29. The Morgan fingerprint density at radius 1 is 0.889 bits per heavy atom. The Hall–Kier alpha value is -0.260. The third-order valence-electron chi connectivity index (χ3n) is 1.81. The van der Waals surface area contributed by atoms with Crippen molar-refractivity contribution < 1.29 is 1.37 Å². The van der Waals surface area contributed by atoms with E-state index in [-0.39, 0.29) is 0 Å². The molecule has 0 aliphatic heterocycles. The lowest BCUT2D eigenvalue weighted by molar-refractivity contribution is 0.632. The molecule has 0 aromatic rings. The summed E-state index contributed by atoms with van der Waals surface area (Å²) >= 11 is 0. The van der Waals surface area contributed by atoms with Crippen LogP contribution in [-0.4, -0.2) is 0 Å². The van der Waals surface area contributed by atoms with E-state index >= 15 is 0 Å². The predicted molar refractivity (Wildman–Crippen MR) is 41.5 cm³/mol. The average molecular weight is 125 g/mol. The zero-order valence-electron chi connectivity index (χ0n) is 7.03. The molecule has 0 spiro atoms. The highest BCUT2D eigenvalue weighted by atomic mass is 14.0. The van der Waals surface area contributed by atoms with Gasteiger partial charge in [0.25, 0.3) is 0 Å². The zero-order valence-corrected chi connectivity index (χ0v) is 6.03. The van der Waals surface area contributed by atoms with E-state index in [0.717, 1.165) is 18.9 Å². The van der Waals surface area contributed by atoms with Crippen LogP contribution in [0.2, 0.25) is 0 Å². The monoisotopic (exact) mass is 125 g/mol. The van der Waals surface area contributed by atoms with Gasteiger partial charge in [0, 0.05) is 0 Å². The summed E-state index contributed by atoms with van der Waals surface area (Å²) in [6, 6.07) is 0.863. The minimum atomic E-state index is 0.863. The Kier molecular flexibility index (Phi) is 2.82. The van der Waals surface area contributed by atoms with Gasteiger partial charge in [0.15, 0.2) is 0 Å². The first-order valence-corrected chi connectivity index (χ1v) is 4.05. The van der Waals surface area contributed by atoms with Gasteiger partial charge in [0.1, 0.15) is 0 Å². The van der Waals surface area contributed by atoms with Crippen molar-refractivity contribution in [2.45, 2.75) is 44.9 Å². The van der Waals surface area contributed by atoms with Gasteiger partial charge in [-0.2, -0.15) is 0 Å². The molecule has 0 heteroatoms. The fourth-order valence-corrected chi connectivity index (χ4v) is 1.21. The molecule has 0 aromatic carbocycles. The van der Waals surface area contributed by atoms with Crippen LogP contribution in [0.25, 0.3) is 0 Å². The van der Waals surface area contributed by atoms with Crippen LogP contribution >= 0.6 is 0 Å². The Labute approximate surface area is 59.4 Å². The van der Waals surface area contributed by atoms with E-state index < -0.39 is 0 Å². The van der Waals surface area contributed by atoms with Gasteiger partial charge >= 0.3 is 0 Å². The van der Waals surface area contributed by atoms with Crippen molar-refractivity contribution in [3.05, 3.63) is 12.1 Å². The summed E-state index contributed by atoms with van der Waals surface area (Å²) in [6.45, 7) is 0. The second kappa shape index (κ2) is 4.60. The molecular weight excluding hydrogens is 108 g/mol. The maximum Gasteiger partial charge on any atom is 0.0572 e. The van der Waals surface area contributed by atoms with Gasteiger partial charge in [-0.05, 0) is 25.7 Å². The summed E-state index contributed by atoms with van der Waals surface area (Å²) in [6.07, 6.45) is 10.8. The minimum Gasteiger partial charge on any atom is -0.0885 e. The quantitative estimate of drug-likeness (QED) is 0.436. The van der Waals surface area contributed by atoms with Crippen molar-refractivity contribution in [2.24, 2.45) is 0 Å². The maximum atomic E-state index is 7.47. The molecule has 0 N–H and O–H groups in total. The molecular formula is C9H16. The van der Waals surface area contributed by atoms with Gasteiger partial charge in [-0.3, -0.25) is 0 Å². The van der Waals surface area contributed by atoms with Crippen molar-refractivity contribution in [1.29, 1.82) is 0 Å². The Morgan fingerprint density at radius 3 is 2.44 bits per heavy atom. The lowest BCUT2D eigenvalue weighted by atomic mass is 10.1. The molecule has 0 fully saturated rings.